The zero-order chi connectivity index (χ0) is 12.5. The minimum absolute atomic E-state index is 0.00894. The maximum Gasteiger partial charge on any atom is 0.248 e. The van der Waals surface area contributed by atoms with Gasteiger partial charge >= 0.3 is 0 Å². The van der Waals surface area contributed by atoms with Crippen LogP contribution in [0.15, 0.2) is 0 Å². The van der Waals surface area contributed by atoms with E-state index in [1.165, 1.54) is 0 Å². The van der Waals surface area contributed by atoms with Crippen LogP contribution in [0.3, 0.4) is 0 Å². The highest BCUT2D eigenvalue weighted by molar-refractivity contribution is 4.97. The van der Waals surface area contributed by atoms with Crippen LogP contribution in [-0.2, 0) is 4.74 Å². The molecular weight excluding hydrogens is 226 g/mol. The summed E-state index contributed by atoms with van der Waals surface area (Å²) in [6, 6.07) is 0. The second kappa shape index (κ2) is 4.81. The van der Waals surface area contributed by atoms with Crippen molar-refractivity contribution in [2.45, 2.75) is 69.0 Å². The van der Waals surface area contributed by atoms with Gasteiger partial charge in [-0.3, -0.25) is 0 Å². The van der Waals surface area contributed by atoms with Crippen LogP contribution in [0.5, 0.6) is 0 Å². The number of halogens is 2. The lowest BCUT2D eigenvalue weighted by atomic mass is 9.71. The Morgan fingerprint density at radius 2 is 2.00 bits per heavy atom. The fourth-order valence-electron chi connectivity index (χ4n) is 3.21. The molecule has 100 valence electrons. The van der Waals surface area contributed by atoms with Crippen molar-refractivity contribution >= 4 is 0 Å². The van der Waals surface area contributed by atoms with Crippen molar-refractivity contribution in [3.63, 3.8) is 0 Å². The van der Waals surface area contributed by atoms with Crippen molar-refractivity contribution in [1.82, 2.24) is 0 Å². The molecule has 0 radical (unpaired) electrons. The quantitative estimate of drug-likeness (QED) is 0.828. The fraction of sp³-hybridized carbons (Fsp3) is 1.00. The predicted molar refractivity (Wildman–Crippen MR) is 61.1 cm³/mol. The van der Waals surface area contributed by atoms with Gasteiger partial charge in [0, 0.05) is 20.0 Å². The van der Waals surface area contributed by atoms with Crippen LogP contribution in [0, 0.1) is 5.92 Å². The lowest BCUT2D eigenvalue weighted by molar-refractivity contribution is -0.159. The molecule has 2 unspecified atom stereocenters. The van der Waals surface area contributed by atoms with Crippen LogP contribution < -0.4 is 0 Å². The third-order valence-electron chi connectivity index (χ3n) is 4.51. The summed E-state index contributed by atoms with van der Waals surface area (Å²) in [5, 5.41) is 10.2. The topological polar surface area (TPSA) is 29.5 Å². The molecule has 0 spiro atoms. The van der Waals surface area contributed by atoms with Gasteiger partial charge < -0.3 is 9.84 Å². The summed E-state index contributed by atoms with van der Waals surface area (Å²) < 4.78 is 31.9. The molecule has 2 aliphatic rings. The minimum atomic E-state index is -2.53. The van der Waals surface area contributed by atoms with E-state index in [9.17, 15) is 13.9 Å². The lowest BCUT2D eigenvalue weighted by Crippen LogP contribution is -2.51. The van der Waals surface area contributed by atoms with E-state index in [-0.39, 0.29) is 18.8 Å². The summed E-state index contributed by atoms with van der Waals surface area (Å²) in [5.74, 6) is -2.58. The van der Waals surface area contributed by atoms with Gasteiger partial charge in [-0.25, -0.2) is 8.78 Å². The molecule has 4 heteroatoms. The summed E-state index contributed by atoms with van der Waals surface area (Å²) in [7, 11) is 1.61. The number of hydrogen-bond acceptors (Lipinski definition) is 2. The highest BCUT2D eigenvalue weighted by Gasteiger charge is 2.46. The van der Waals surface area contributed by atoms with Crippen LogP contribution in [0.2, 0.25) is 0 Å². The number of methoxy groups -OCH3 is 1. The van der Waals surface area contributed by atoms with E-state index in [0.717, 1.165) is 25.7 Å². The van der Waals surface area contributed by atoms with Crippen LogP contribution in [0.1, 0.15) is 51.4 Å². The number of alkyl halides is 2. The molecule has 2 aliphatic carbocycles. The van der Waals surface area contributed by atoms with Crippen molar-refractivity contribution in [1.29, 1.82) is 0 Å². The first-order valence-electron chi connectivity index (χ1n) is 6.58. The van der Waals surface area contributed by atoms with E-state index in [1.807, 2.05) is 0 Å². The maximum absolute atomic E-state index is 13.3. The third kappa shape index (κ3) is 2.79. The first kappa shape index (κ1) is 13.2. The van der Waals surface area contributed by atoms with E-state index < -0.39 is 17.6 Å². The van der Waals surface area contributed by atoms with Crippen molar-refractivity contribution in [3.05, 3.63) is 0 Å². The zero-order valence-corrected chi connectivity index (χ0v) is 10.4. The largest absolute Gasteiger partial charge is 0.390 e. The number of ether oxygens (including phenoxy) is 1. The van der Waals surface area contributed by atoms with Gasteiger partial charge in [0.2, 0.25) is 5.92 Å². The van der Waals surface area contributed by atoms with Gasteiger partial charge in [0.05, 0.1) is 11.7 Å². The number of aliphatic hydroxyl groups is 1. The number of aliphatic hydroxyl groups excluding tert-OH is 1. The van der Waals surface area contributed by atoms with Crippen LogP contribution in [0.4, 0.5) is 8.78 Å². The Bertz CT molecular complexity index is 259. The molecular formula is C13H22F2O2. The molecule has 2 nitrogen and oxygen atoms in total. The molecule has 0 aromatic rings. The van der Waals surface area contributed by atoms with E-state index in [2.05, 4.69) is 0 Å². The predicted octanol–water partition coefficient (Wildman–Crippen LogP) is 3.13. The summed E-state index contributed by atoms with van der Waals surface area (Å²) in [6.45, 7) is 0. The van der Waals surface area contributed by atoms with E-state index in [1.54, 1.807) is 7.11 Å². The highest BCUT2D eigenvalue weighted by Crippen LogP contribution is 2.44. The van der Waals surface area contributed by atoms with Crippen molar-refractivity contribution < 1.29 is 18.6 Å². The molecule has 2 rings (SSSR count). The van der Waals surface area contributed by atoms with Crippen molar-refractivity contribution in [3.8, 4) is 0 Å². The fourth-order valence-corrected chi connectivity index (χ4v) is 3.21. The monoisotopic (exact) mass is 248 g/mol. The molecule has 0 aliphatic heterocycles. The highest BCUT2D eigenvalue weighted by atomic mass is 19.3. The molecule has 2 saturated carbocycles. The maximum atomic E-state index is 13.3. The molecule has 0 aromatic heterocycles. The first-order chi connectivity index (χ1) is 7.97. The molecule has 17 heavy (non-hydrogen) atoms. The SMILES string of the molecule is COC1(C(O)CC2CCCC(F)(F)C2)CCC1. The van der Waals surface area contributed by atoms with Gasteiger partial charge in [-0.2, -0.15) is 0 Å². The first-order valence-corrected chi connectivity index (χ1v) is 6.58. The van der Waals surface area contributed by atoms with Gasteiger partial charge in [-0.05, 0) is 44.4 Å². The lowest BCUT2D eigenvalue weighted by Gasteiger charge is -2.45. The Balaban J connectivity index is 1.88. The molecule has 0 heterocycles. The Labute approximate surface area is 101 Å². The minimum Gasteiger partial charge on any atom is -0.390 e. The van der Waals surface area contributed by atoms with Gasteiger partial charge in [-0.15, -0.1) is 0 Å². The van der Waals surface area contributed by atoms with Crippen LogP contribution >= 0.6 is 0 Å². The van der Waals surface area contributed by atoms with E-state index in [0.29, 0.717) is 12.8 Å². The molecule has 0 aromatic carbocycles. The Morgan fingerprint density at radius 3 is 2.47 bits per heavy atom. The third-order valence-corrected chi connectivity index (χ3v) is 4.51. The van der Waals surface area contributed by atoms with Crippen LogP contribution in [-0.4, -0.2) is 29.8 Å². The molecule has 1 N–H and O–H groups in total. The normalized spacial score (nSPS) is 32.8. The summed E-state index contributed by atoms with van der Waals surface area (Å²) >= 11 is 0. The number of hydrogen-bond donors (Lipinski definition) is 1. The molecule has 0 saturated heterocycles. The Hall–Kier alpha value is -0.220. The van der Waals surface area contributed by atoms with E-state index in [4.69, 9.17) is 4.74 Å². The number of rotatable bonds is 4. The van der Waals surface area contributed by atoms with Crippen molar-refractivity contribution in [2.24, 2.45) is 5.92 Å². The van der Waals surface area contributed by atoms with Gasteiger partial charge in [0.1, 0.15) is 0 Å². The average molecular weight is 248 g/mol. The molecule has 0 bridgehead atoms. The second-order valence-corrected chi connectivity index (χ2v) is 5.69. The van der Waals surface area contributed by atoms with Gasteiger partial charge in [0.15, 0.2) is 0 Å². The van der Waals surface area contributed by atoms with Gasteiger partial charge in [0.25, 0.3) is 0 Å². The van der Waals surface area contributed by atoms with Gasteiger partial charge in [-0.1, -0.05) is 0 Å². The Morgan fingerprint density at radius 1 is 1.29 bits per heavy atom. The van der Waals surface area contributed by atoms with E-state index >= 15 is 0 Å². The molecule has 2 fully saturated rings. The second-order valence-electron chi connectivity index (χ2n) is 5.69. The summed E-state index contributed by atoms with van der Waals surface area (Å²) in [6.07, 6.45) is 3.98. The van der Waals surface area contributed by atoms with Crippen LogP contribution in [0.25, 0.3) is 0 Å². The molecule has 2 atom stereocenters. The summed E-state index contributed by atoms with van der Waals surface area (Å²) in [4.78, 5) is 0. The Kier molecular flexibility index (Phi) is 3.74. The smallest absolute Gasteiger partial charge is 0.248 e. The zero-order valence-electron chi connectivity index (χ0n) is 10.4. The van der Waals surface area contributed by atoms with Crippen molar-refractivity contribution in [2.75, 3.05) is 7.11 Å². The standard InChI is InChI=1S/C13H22F2O2/c1-17-12(5-3-6-12)11(16)8-10-4-2-7-13(14,15)9-10/h10-11,16H,2-9H2,1H3. The summed E-state index contributed by atoms with van der Waals surface area (Å²) in [5.41, 5.74) is -0.438. The molecule has 0 amide bonds. The average Bonchev–Trinajstić information content (AvgIpc) is 2.14.